The molecule has 1 aliphatic rings. The Morgan fingerprint density at radius 3 is 1.08 bits per heavy atom. The highest BCUT2D eigenvalue weighted by atomic mass is 14.1. The molecule has 0 radical (unpaired) electrons. The molecule has 12 heavy (non-hydrogen) atoms. The number of allylic oxidation sites excluding steroid dienone is 4. The van der Waals surface area contributed by atoms with E-state index in [1.165, 1.54) is 0 Å². The van der Waals surface area contributed by atoms with E-state index >= 15 is 0 Å². The molecule has 0 aromatic rings. The topological polar surface area (TPSA) is 0 Å². The van der Waals surface area contributed by atoms with Gasteiger partial charge in [-0.05, 0) is 11.8 Å². The van der Waals surface area contributed by atoms with Crippen LogP contribution in [0.4, 0.5) is 0 Å². The molecule has 0 heteroatoms. The standard InChI is InChI=1S/C8H12.2C2H6/c1-7-5-3-4-6-8(7)2;2*1-2/h3-8H,1-2H3;2*1-2H3. The Kier molecular flexibility index (Phi) is 12.3. The molecule has 0 N–H and O–H groups in total. The third-order valence-electron chi connectivity index (χ3n) is 1.77. The summed E-state index contributed by atoms with van der Waals surface area (Å²) in [6.45, 7) is 12.5. The Morgan fingerprint density at radius 1 is 0.667 bits per heavy atom. The minimum absolute atomic E-state index is 0.736. The van der Waals surface area contributed by atoms with Crippen molar-refractivity contribution in [3.63, 3.8) is 0 Å². The molecule has 0 saturated heterocycles. The van der Waals surface area contributed by atoms with Gasteiger partial charge in [0.05, 0.1) is 0 Å². The molecule has 0 saturated carbocycles. The fourth-order valence-corrected chi connectivity index (χ4v) is 0.829. The van der Waals surface area contributed by atoms with Crippen molar-refractivity contribution in [3.8, 4) is 0 Å². The van der Waals surface area contributed by atoms with Gasteiger partial charge in [-0.3, -0.25) is 0 Å². The quantitative estimate of drug-likeness (QED) is 0.501. The van der Waals surface area contributed by atoms with Crippen molar-refractivity contribution >= 4 is 0 Å². The predicted molar refractivity (Wildman–Crippen MR) is 59.3 cm³/mol. The van der Waals surface area contributed by atoms with E-state index in [1.54, 1.807) is 0 Å². The van der Waals surface area contributed by atoms with Crippen LogP contribution >= 0.6 is 0 Å². The first kappa shape index (κ1) is 14.0. The van der Waals surface area contributed by atoms with E-state index in [0.717, 1.165) is 11.8 Å². The van der Waals surface area contributed by atoms with Crippen molar-refractivity contribution in [2.45, 2.75) is 41.5 Å². The second-order valence-electron chi connectivity index (χ2n) is 2.49. The first-order valence-corrected chi connectivity index (χ1v) is 5.15. The van der Waals surface area contributed by atoms with Gasteiger partial charge >= 0.3 is 0 Å². The monoisotopic (exact) mass is 168 g/mol. The summed E-state index contributed by atoms with van der Waals surface area (Å²) in [5.74, 6) is 1.47. The molecule has 0 aromatic carbocycles. The first-order chi connectivity index (χ1) is 5.80. The molecule has 0 aliphatic heterocycles. The van der Waals surface area contributed by atoms with Crippen molar-refractivity contribution in [1.29, 1.82) is 0 Å². The molecule has 0 aromatic heterocycles. The molecule has 0 bridgehead atoms. The highest BCUT2D eigenvalue weighted by Crippen LogP contribution is 2.16. The van der Waals surface area contributed by atoms with Crippen LogP contribution in [0.2, 0.25) is 0 Å². The predicted octanol–water partition coefficient (Wildman–Crippen LogP) is 4.44. The van der Waals surface area contributed by atoms with Crippen LogP contribution in [0, 0.1) is 11.8 Å². The Labute approximate surface area is 78.4 Å². The van der Waals surface area contributed by atoms with Gasteiger partial charge in [-0.1, -0.05) is 65.8 Å². The van der Waals surface area contributed by atoms with Crippen LogP contribution in [-0.4, -0.2) is 0 Å². The van der Waals surface area contributed by atoms with E-state index in [4.69, 9.17) is 0 Å². The molecule has 0 fully saturated rings. The van der Waals surface area contributed by atoms with Crippen LogP contribution in [-0.2, 0) is 0 Å². The summed E-state index contributed by atoms with van der Waals surface area (Å²) in [6, 6.07) is 0. The average Bonchev–Trinajstić information content (AvgIpc) is 2.17. The largest absolute Gasteiger partial charge is 0.0811 e. The molecule has 0 heterocycles. The first-order valence-electron chi connectivity index (χ1n) is 5.15. The molecule has 0 amide bonds. The van der Waals surface area contributed by atoms with E-state index in [0.29, 0.717) is 0 Å². The molecule has 2 unspecified atom stereocenters. The molecule has 0 spiro atoms. The van der Waals surface area contributed by atoms with Crippen molar-refractivity contribution in [3.05, 3.63) is 24.3 Å². The molecular formula is C12H24. The van der Waals surface area contributed by atoms with Gasteiger partial charge in [-0.15, -0.1) is 0 Å². The van der Waals surface area contributed by atoms with Crippen molar-refractivity contribution in [2.75, 3.05) is 0 Å². The Bertz CT molecular complexity index is 104. The van der Waals surface area contributed by atoms with Crippen molar-refractivity contribution in [1.82, 2.24) is 0 Å². The molecule has 2 atom stereocenters. The lowest BCUT2D eigenvalue weighted by atomic mass is 9.92. The Hall–Kier alpha value is -0.520. The van der Waals surface area contributed by atoms with Gasteiger partial charge in [-0.2, -0.15) is 0 Å². The third kappa shape index (κ3) is 6.21. The van der Waals surface area contributed by atoms with Crippen LogP contribution in [0.15, 0.2) is 24.3 Å². The SMILES string of the molecule is CC.CC.CC1C=CC=CC1C. The van der Waals surface area contributed by atoms with Gasteiger partial charge in [-0.25, -0.2) is 0 Å². The maximum absolute atomic E-state index is 2.24. The van der Waals surface area contributed by atoms with Gasteiger partial charge in [0.2, 0.25) is 0 Å². The van der Waals surface area contributed by atoms with E-state index in [-0.39, 0.29) is 0 Å². The molecule has 72 valence electrons. The molecule has 1 aliphatic carbocycles. The van der Waals surface area contributed by atoms with Crippen LogP contribution in [0.3, 0.4) is 0 Å². The maximum atomic E-state index is 2.24. The van der Waals surface area contributed by atoms with Crippen LogP contribution < -0.4 is 0 Å². The van der Waals surface area contributed by atoms with Gasteiger partial charge in [0.15, 0.2) is 0 Å². The lowest BCUT2D eigenvalue weighted by Crippen LogP contribution is -2.03. The van der Waals surface area contributed by atoms with Crippen molar-refractivity contribution < 1.29 is 0 Å². The zero-order valence-corrected chi connectivity index (χ0v) is 9.46. The summed E-state index contributed by atoms with van der Waals surface area (Å²) in [5.41, 5.74) is 0. The zero-order valence-electron chi connectivity index (χ0n) is 9.46. The normalized spacial score (nSPS) is 24.8. The fourth-order valence-electron chi connectivity index (χ4n) is 0.829. The summed E-state index contributed by atoms with van der Waals surface area (Å²) in [6.07, 6.45) is 8.71. The lowest BCUT2D eigenvalue weighted by Gasteiger charge is -2.13. The summed E-state index contributed by atoms with van der Waals surface area (Å²) >= 11 is 0. The van der Waals surface area contributed by atoms with E-state index in [9.17, 15) is 0 Å². The van der Waals surface area contributed by atoms with Gasteiger partial charge < -0.3 is 0 Å². The number of hydrogen-bond donors (Lipinski definition) is 0. The molecular weight excluding hydrogens is 144 g/mol. The zero-order chi connectivity index (χ0) is 9.98. The second kappa shape index (κ2) is 10.5. The molecule has 0 nitrogen and oxygen atoms in total. The summed E-state index contributed by atoms with van der Waals surface area (Å²) in [4.78, 5) is 0. The summed E-state index contributed by atoms with van der Waals surface area (Å²) < 4.78 is 0. The fraction of sp³-hybridized carbons (Fsp3) is 0.667. The van der Waals surface area contributed by atoms with Gasteiger partial charge in [0.25, 0.3) is 0 Å². The van der Waals surface area contributed by atoms with Crippen molar-refractivity contribution in [2.24, 2.45) is 11.8 Å². The average molecular weight is 168 g/mol. The minimum atomic E-state index is 0.736. The lowest BCUT2D eigenvalue weighted by molar-refractivity contribution is 0.552. The summed E-state index contributed by atoms with van der Waals surface area (Å²) in [5, 5.41) is 0. The highest BCUT2D eigenvalue weighted by molar-refractivity contribution is 5.12. The summed E-state index contributed by atoms with van der Waals surface area (Å²) in [7, 11) is 0. The van der Waals surface area contributed by atoms with E-state index < -0.39 is 0 Å². The minimum Gasteiger partial charge on any atom is -0.0811 e. The third-order valence-corrected chi connectivity index (χ3v) is 1.77. The smallest absolute Gasteiger partial charge is 0.0198 e. The van der Waals surface area contributed by atoms with Gasteiger partial charge in [0.1, 0.15) is 0 Å². The number of rotatable bonds is 0. The Morgan fingerprint density at radius 2 is 0.917 bits per heavy atom. The van der Waals surface area contributed by atoms with E-state index in [1.807, 2.05) is 27.7 Å². The van der Waals surface area contributed by atoms with Crippen LogP contribution in [0.25, 0.3) is 0 Å². The maximum Gasteiger partial charge on any atom is -0.0198 e. The van der Waals surface area contributed by atoms with Crippen LogP contribution in [0.5, 0.6) is 0 Å². The second-order valence-corrected chi connectivity index (χ2v) is 2.49. The number of hydrogen-bond acceptors (Lipinski definition) is 0. The highest BCUT2D eigenvalue weighted by Gasteiger charge is 2.05. The van der Waals surface area contributed by atoms with Gasteiger partial charge in [0, 0.05) is 0 Å². The molecule has 1 rings (SSSR count). The van der Waals surface area contributed by atoms with Crippen LogP contribution in [0.1, 0.15) is 41.5 Å². The Balaban J connectivity index is 0. The van der Waals surface area contributed by atoms with E-state index in [2.05, 4.69) is 38.2 Å².